The van der Waals surface area contributed by atoms with Crippen LogP contribution in [0.3, 0.4) is 0 Å². The molecule has 0 amide bonds. The van der Waals surface area contributed by atoms with Gasteiger partial charge in [0.15, 0.2) is 0 Å². The Morgan fingerprint density at radius 3 is 2.57 bits per heavy atom. The molecule has 1 rings (SSSR count). The Kier molecular flexibility index (Phi) is 3.21. The van der Waals surface area contributed by atoms with E-state index in [1.165, 1.54) is 6.42 Å². The van der Waals surface area contributed by atoms with Crippen LogP contribution >= 0.6 is 0 Å². The minimum Gasteiger partial charge on any atom is -0.389 e. The van der Waals surface area contributed by atoms with Gasteiger partial charge in [0.1, 0.15) is 0 Å². The molecule has 0 heterocycles. The smallest absolute Gasteiger partial charge is 0.0810 e. The lowest BCUT2D eigenvalue weighted by atomic mass is 9.63. The van der Waals surface area contributed by atoms with E-state index >= 15 is 0 Å². The molecule has 2 heteroatoms. The maximum atomic E-state index is 10.4. The van der Waals surface area contributed by atoms with Crippen LogP contribution in [0.5, 0.6) is 0 Å². The summed E-state index contributed by atoms with van der Waals surface area (Å²) >= 11 is 0. The van der Waals surface area contributed by atoms with Crippen LogP contribution in [-0.4, -0.2) is 10.7 Å². The second-order valence-electron chi connectivity index (χ2n) is 5.60. The lowest BCUT2D eigenvalue weighted by molar-refractivity contribution is -0.0858. The van der Waals surface area contributed by atoms with E-state index in [4.69, 9.17) is 5.26 Å². The average Bonchev–Trinajstić information content (AvgIpc) is 2.02. The summed E-state index contributed by atoms with van der Waals surface area (Å²) in [5, 5.41) is 19.2. The van der Waals surface area contributed by atoms with Gasteiger partial charge < -0.3 is 5.11 Å². The lowest BCUT2D eigenvalue weighted by Crippen LogP contribution is -2.46. The summed E-state index contributed by atoms with van der Waals surface area (Å²) in [6.45, 7) is 6.47. The molecule has 80 valence electrons. The van der Waals surface area contributed by atoms with Crippen molar-refractivity contribution in [3.05, 3.63) is 0 Å². The van der Waals surface area contributed by atoms with E-state index in [9.17, 15) is 5.11 Å². The van der Waals surface area contributed by atoms with Crippen LogP contribution in [0.1, 0.15) is 52.9 Å². The fraction of sp³-hybridized carbons (Fsp3) is 0.917. The van der Waals surface area contributed by atoms with Gasteiger partial charge >= 0.3 is 0 Å². The first-order chi connectivity index (χ1) is 6.40. The summed E-state index contributed by atoms with van der Waals surface area (Å²) in [6, 6.07) is 2.13. The highest BCUT2D eigenvalue weighted by Crippen LogP contribution is 2.45. The molecule has 0 saturated heterocycles. The van der Waals surface area contributed by atoms with Gasteiger partial charge in [-0.1, -0.05) is 33.6 Å². The summed E-state index contributed by atoms with van der Waals surface area (Å²) in [4.78, 5) is 0. The minimum atomic E-state index is -0.731. The number of hydrogen-bond donors (Lipinski definition) is 1. The van der Waals surface area contributed by atoms with Gasteiger partial charge in [0, 0.05) is 0 Å². The van der Waals surface area contributed by atoms with E-state index in [0.717, 1.165) is 19.3 Å². The molecule has 0 aliphatic heterocycles. The lowest BCUT2D eigenvalue weighted by Gasteiger charge is -2.45. The van der Waals surface area contributed by atoms with E-state index in [1.54, 1.807) is 0 Å². The van der Waals surface area contributed by atoms with Crippen molar-refractivity contribution in [3.8, 4) is 6.07 Å². The van der Waals surface area contributed by atoms with E-state index in [2.05, 4.69) is 26.8 Å². The molecule has 0 bridgehead atoms. The second-order valence-corrected chi connectivity index (χ2v) is 5.60. The quantitative estimate of drug-likeness (QED) is 0.699. The van der Waals surface area contributed by atoms with Crippen molar-refractivity contribution < 1.29 is 5.11 Å². The first-order valence-corrected chi connectivity index (χ1v) is 5.49. The van der Waals surface area contributed by atoms with Crippen LogP contribution in [0.2, 0.25) is 0 Å². The summed E-state index contributed by atoms with van der Waals surface area (Å²) in [5.41, 5.74) is -0.628. The molecule has 0 radical (unpaired) electrons. The number of nitriles is 1. The zero-order valence-corrected chi connectivity index (χ0v) is 9.51. The van der Waals surface area contributed by atoms with Crippen LogP contribution in [0.25, 0.3) is 0 Å². The molecule has 2 unspecified atom stereocenters. The van der Waals surface area contributed by atoms with Crippen LogP contribution < -0.4 is 0 Å². The third kappa shape index (κ3) is 2.27. The fourth-order valence-corrected chi connectivity index (χ4v) is 2.81. The summed E-state index contributed by atoms with van der Waals surface area (Å²) < 4.78 is 0. The monoisotopic (exact) mass is 195 g/mol. The molecule has 0 aromatic carbocycles. The minimum absolute atomic E-state index is 0.103. The highest BCUT2D eigenvalue weighted by atomic mass is 16.3. The Morgan fingerprint density at radius 1 is 1.43 bits per heavy atom. The predicted molar refractivity (Wildman–Crippen MR) is 56.6 cm³/mol. The molecule has 0 aromatic heterocycles. The number of nitrogens with zero attached hydrogens (tertiary/aromatic N) is 1. The van der Waals surface area contributed by atoms with Gasteiger partial charge in [-0.05, 0) is 24.2 Å². The molecular formula is C12H21NO. The Hall–Kier alpha value is -0.550. The van der Waals surface area contributed by atoms with Crippen molar-refractivity contribution in [3.63, 3.8) is 0 Å². The van der Waals surface area contributed by atoms with Crippen LogP contribution in [0.4, 0.5) is 0 Å². The largest absolute Gasteiger partial charge is 0.389 e. The topological polar surface area (TPSA) is 44.0 Å². The van der Waals surface area contributed by atoms with Gasteiger partial charge in [0.25, 0.3) is 0 Å². The van der Waals surface area contributed by atoms with Gasteiger partial charge in [-0.25, -0.2) is 0 Å². The van der Waals surface area contributed by atoms with Crippen molar-refractivity contribution in [2.24, 2.45) is 11.3 Å². The van der Waals surface area contributed by atoms with Crippen molar-refractivity contribution in [1.82, 2.24) is 0 Å². The maximum absolute atomic E-state index is 10.4. The first kappa shape index (κ1) is 11.5. The van der Waals surface area contributed by atoms with Gasteiger partial charge in [-0.2, -0.15) is 5.26 Å². The molecule has 1 aliphatic rings. The summed E-state index contributed by atoms with van der Waals surface area (Å²) in [5.74, 6) is 0.267. The first-order valence-electron chi connectivity index (χ1n) is 5.49. The molecule has 0 spiro atoms. The molecule has 1 saturated carbocycles. The van der Waals surface area contributed by atoms with Gasteiger partial charge in [-0.15, -0.1) is 0 Å². The Morgan fingerprint density at radius 2 is 2.07 bits per heavy atom. The predicted octanol–water partition coefficient (Wildman–Crippen LogP) is 2.87. The zero-order valence-electron chi connectivity index (χ0n) is 9.51. The van der Waals surface area contributed by atoms with Crippen LogP contribution in [0.15, 0.2) is 0 Å². The van der Waals surface area contributed by atoms with Crippen molar-refractivity contribution in [2.75, 3.05) is 0 Å². The highest BCUT2D eigenvalue weighted by molar-refractivity contribution is 5.00. The molecule has 2 atom stereocenters. The molecule has 2 nitrogen and oxygen atoms in total. The average molecular weight is 195 g/mol. The number of aliphatic hydroxyl groups is 1. The normalized spacial score (nSPS) is 33.8. The Balaban J connectivity index is 2.84. The highest BCUT2D eigenvalue weighted by Gasteiger charge is 2.44. The SMILES string of the molecule is CC(C)(C)C1CCCCC1(O)CC#N. The van der Waals surface area contributed by atoms with Crippen LogP contribution in [0, 0.1) is 22.7 Å². The van der Waals surface area contributed by atoms with Crippen molar-refractivity contribution >= 4 is 0 Å². The molecular weight excluding hydrogens is 174 g/mol. The van der Waals surface area contributed by atoms with Crippen molar-refractivity contribution in [2.45, 2.75) is 58.5 Å². The number of rotatable bonds is 1. The van der Waals surface area contributed by atoms with Crippen molar-refractivity contribution in [1.29, 1.82) is 5.26 Å². The Bertz CT molecular complexity index is 236. The molecule has 1 N–H and O–H groups in total. The number of hydrogen-bond acceptors (Lipinski definition) is 2. The molecule has 1 aliphatic carbocycles. The van der Waals surface area contributed by atoms with E-state index in [1.807, 2.05) is 0 Å². The standard InChI is InChI=1S/C12H21NO/c1-11(2,3)10-6-4-5-7-12(10,14)8-9-13/h10,14H,4-8H2,1-3H3. The molecule has 14 heavy (non-hydrogen) atoms. The summed E-state index contributed by atoms with van der Waals surface area (Å²) in [6.07, 6.45) is 4.39. The molecule has 1 fully saturated rings. The van der Waals surface area contributed by atoms with E-state index < -0.39 is 5.60 Å². The summed E-state index contributed by atoms with van der Waals surface area (Å²) in [7, 11) is 0. The maximum Gasteiger partial charge on any atom is 0.0810 e. The molecule has 0 aromatic rings. The fourth-order valence-electron chi connectivity index (χ4n) is 2.81. The third-order valence-electron chi connectivity index (χ3n) is 3.43. The van der Waals surface area contributed by atoms with E-state index in [-0.39, 0.29) is 17.8 Å². The van der Waals surface area contributed by atoms with Gasteiger partial charge in [0.2, 0.25) is 0 Å². The Labute approximate surface area is 86.9 Å². The van der Waals surface area contributed by atoms with Gasteiger partial charge in [-0.3, -0.25) is 0 Å². The zero-order chi connectivity index (χ0) is 10.8. The second kappa shape index (κ2) is 3.90. The van der Waals surface area contributed by atoms with E-state index in [0.29, 0.717) is 0 Å². The third-order valence-corrected chi connectivity index (χ3v) is 3.43. The van der Waals surface area contributed by atoms with Gasteiger partial charge in [0.05, 0.1) is 18.1 Å². The van der Waals surface area contributed by atoms with Crippen LogP contribution in [-0.2, 0) is 0 Å².